The number of nitrogens with one attached hydrogen (secondary N) is 2. The molecule has 0 bridgehead atoms. The van der Waals surface area contributed by atoms with Crippen molar-refractivity contribution in [1.82, 2.24) is 15.8 Å². The van der Waals surface area contributed by atoms with Crippen LogP contribution in [-0.2, 0) is 0 Å². The molecule has 2 rings (SSSR count). The lowest BCUT2D eigenvalue weighted by atomic mass is 10.3. The number of nitrogens with zero attached hydrogens (tertiary/aromatic N) is 1. The average molecular weight is 350 g/mol. The van der Waals surface area contributed by atoms with Gasteiger partial charge in [-0.25, -0.2) is 0 Å². The normalized spacial score (nSPS) is 11.8. The highest BCUT2D eigenvalue weighted by Crippen LogP contribution is 2.31. The topological polar surface area (TPSA) is 67.2 Å². The van der Waals surface area contributed by atoms with Crippen molar-refractivity contribution in [1.29, 1.82) is 0 Å². The van der Waals surface area contributed by atoms with Crippen molar-refractivity contribution in [3.8, 4) is 10.6 Å². The fraction of sp³-hybridized carbons (Fsp3) is 0.385. The predicted octanol–water partition coefficient (Wildman–Crippen LogP) is 3.21. The molecule has 1 amide bonds. The van der Waals surface area contributed by atoms with Crippen LogP contribution >= 0.6 is 35.3 Å². The van der Waals surface area contributed by atoms with Crippen LogP contribution in [0.15, 0.2) is 22.7 Å². The van der Waals surface area contributed by atoms with Crippen LogP contribution in [0.1, 0.15) is 24.3 Å². The number of carbonyl (C=O) groups is 1. The van der Waals surface area contributed by atoms with Gasteiger partial charge in [0.05, 0.1) is 9.21 Å². The van der Waals surface area contributed by atoms with Gasteiger partial charge in [-0.05, 0) is 25.6 Å². The average Bonchev–Trinajstić information content (AvgIpc) is 3.04. The first-order valence-electron chi connectivity index (χ1n) is 6.34. The molecule has 0 radical (unpaired) electrons. The fourth-order valence-corrected chi connectivity index (χ4v) is 2.69. The second-order valence-electron chi connectivity index (χ2n) is 4.35. The zero-order valence-corrected chi connectivity index (χ0v) is 14.1. The van der Waals surface area contributed by atoms with Gasteiger partial charge < -0.3 is 15.2 Å². The van der Waals surface area contributed by atoms with Crippen molar-refractivity contribution >= 4 is 41.3 Å². The summed E-state index contributed by atoms with van der Waals surface area (Å²) in [5, 5.41) is 9.80. The molecule has 0 spiro atoms. The summed E-state index contributed by atoms with van der Waals surface area (Å²) >= 11 is 7.24. The number of likely N-dealkylation sites (N-methyl/N-ethyl adjacent to an activating group) is 1. The second-order valence-corrected chi connectivity index (χ2v) is 6.06. The summed E-state index contributed by atoms with van der Waals surface area (Å²) in [4.78, 5) is 12.8. The van der Waals surface area contributed by atoms with E-state index in [9.17, 15) is 4.79 Å². The van der Waals surface area contributed by atoms with Crippen molar-refractivity contribution in [3.05, 3.63) is 28.2 Å². The molecule has 0 aliphatic carbocycles. The lowest BCUT2D eigenvalue weighted by Crippen LogP contribution is -2.38. The van der Waals surface area contributed by atoms with Gasteiger partial charge in [-0.3, -0.25) is 4.79 Å². The van der Waals surface area contributed by atoms with Gasteiger partial charge in [0.15, 0.2) is 11.5 Å². The Morgan fingerprint density at radius 3 is 2.90 bits per heavy atom. The van der Waals surface area contributed by atoms with E-state index in [2.05, 4.69) is 15.8 Å². The van der Waals surface area contributed by atoms with E-state index in [1.165, 1.54) is 11.3 Å². The second kappa shape index (κ2) is 8.38. The smallest absolute Gasteiger partial charge is 0.273 e. The highest BCUT2D eigenvalue weighted by molar-refractivity contribution is 7.19. The molecule has 8 heteroatoms. The molecule has 2 N–H and O–H groups in total. The van der Waals surface area contributed by atoms with Gasteiger partial charge in [-0.1, -0.05) is 23.7 Å². The number of halogens is 2. The summed E-state index contributed by atoms with van der Waals surface area (Å²) in [6, 6.07) is 5.45. The minimum atomic E-state index is -0.243. The minimum Gasteiger partial charge on any atom is -0.355 e. The number of hydrogen-bond donors (Lipinski definition) is 2. The molecule has 2 heterocycles. The van der Waals surface area contributed by atoms with Crippen LogP contribution < -0.4 is 10.6 Å². The maximum absolute atomic E-state index is 11.9. The maximum atomic E-state index is 11.9. The van der Waals surface area contributed by atoms with Gasteiger partial charge in [0, 0.05) is 18.7 Å². The first-order chi connectivity index (χ1) is 9.60. The van der Waals surface area contributed by atoms with E-state index in [1.54, 1.807) is 12.1 Å². The van der Waals surface area contributed by atoms with Crippen molar-refractivity contribution in [3.63, 3.8) is 0 Å². The number of carbonyl (C=O) groups excluding carboxylic acids is 1. The largest absolute Gasteiger partial charge is 0.355 e. The van der Waals surface area contributed by atoms with Gasteiger partial charge in [0.1, 0.15) is 0 Å². The number of aromatic nitrogens is 1. The molecule has 0 saturated heterocycles. The van der Waals surface area contributed by atoms with Crippen LogP contribution in [0, 0.1) is 0 Å². The summed E-state index contributed by atoms with van der Waals surface area (Å²) in [5.74, 6) is 0.305. The Morgan fingerprint density at radius 1 is 1.52 bits per heavy atom. The van der Waals surface area contributed by atoms with Gasteiger partial charge in [-0.15, -0.1) is 23.7 Å². The van der Waals surface area contributed by atoms with Gasteiger partial charge >= 0.3 is 0 Å². The van der Waals surface area contributed by atoms with E-state index in [4.69, 9.17) is 16.1 Å². The Kier molecular flexibility index (Phi) is 7.17. The van der Waals surface area contributed by atoms with Crippen molar-refractivity contribution < 1.29 is 9.32 Å². The summed E-state index contributed by atoms with van der Waals surface area (Å²) in [6.45, 7) is 5.43. The van der Waals surface area contributed by atoms with Crippen LogP contribution in [0.3, 0.4) is 0 Å². The summed E-state index contributed by atoms with van der Waals surface area (Å²) in [7, 11) is 0. The molecule has 0 unspecified atom stereocenters. The number of rotatable bonds is 6. The highest BCUT2D eigenvalue weighted by atomic mass is 35.5. The van der Waals surface area contributed by atoms with E-state index < -0.39 is 0 Å². The first-order valence-corrected chi connectivity index (χ1v) is 7.53. The van der Waals surface area contributed by atoms with Crippen LogP contribution in [0.4, 0.5) is 0 Å². The third-order valence-corrected chi connectivity index (χ3v) is 3.93. The molecular weight excluding hydrogens is 333 g/mol. The Balaban J connectivity index is 0.00000220. The quantitative estimate of drug-likeness (QED) is 0.840. The van der Waals surface area contributed by atoms with Gasteiger partial charge in [0.25, 0.3) is 5.91 Å². The van der Waals surface area contributed by atoms with Crippen LogP contribution in [0.2, 0.25) is 4.34 Å². The fourth-order valence-electron chi connectivity index (χ4n) is 1.70. The van der Waals surface area contributed by atoms with Crippen molar-refractivity contribution in [2.45, 2.75) is 19.9 Å². The zero-order chi connectivity index (χ0) is 14.5. The Bertz CT molecular complexity index is 585. The summed E-state index contributed by atoms with van der Waals surface area (Å²) in [5.41, 5.74) is 0.272. The van der Waals surface area contributed by atoms with E-state index in [0.717, 1.165) is 11.4 Å². The van der Waals surface area contributed by atoms with Gasteiger partial charge in [0.2, 0.25) is 0 Å². The highest BCUT2D eigenvalue weighted by Gasteiger charge is 2.15. The molecule has 0 saturated carbocycles. The summed E-state index contributed by atoms with van der Waals surface area (Å²) in [6.07, 6.45) is 0. The molecule has 21 heavy (non-hydrogen) atoms. The SMILES string of the molecule is CCN[C@H](C)CNC(=O)c1cc(-c2ccc(Cl)s2)on1.Cl. The molecule has 0 aliphatic heterocycles. The minimum absolute atomic E-state index is 0. The zero-order valence-electron chi connectivity index (χ0n) is 11.7. The molecule has 5 nitrogen and oxygen atoms in total. The molecule has 2 aromatic rings. The van der Waals surface area contributed by atoms with E-state index >= 15 is 0 Å². The number of amides is 1. The lowest BCUT2D eigenvalue weighted by molar-refractivity contribution is 0.0941. The van der Waals surface area contributed by atoms with Gasteiger partial charge in [-0.2, -0.15) is 0 Å². The molecule has 0 fully saturated rings. The molecule has 2 aromatic heterocycles. The van der Waals surface area contributed by atoms with Crippen molar-refractivity contribution in [2.75, 3.05) is 13.1 Å². The molecule has 1 atom stereocenters. The Labute approximate surface area is 138 Å². The number of thiophene rings is 1. The molecule has 116 valence electrons. The van der Waals surface area contributed by atoms with E-state index in [1.807, 2.05) is 19.9 Å². The Morgan fingerprint density at radius 2 is 2.29 bits per heavy atom. The third-order valence-electron chi connectivity index (χ3n) is 2.68. The Hall–Kier alpha value is -1.08. The molecular formula is C13H17Cl2N3O2S. The molecule has 0 aliphatic rings. The van der Waals surface area contributed by atoms with Crippen LogP contribution in [0.5, 0.6) is 0 Å². The lowest BCUT2D eigenvalue weighted by Gasteiger charge is -2.12. The summed E-state index contributed by atoms with van der Waals surface area (Å²) < 4.78 is 5.83. The number of hydrogen-bond acceptors (Lipinski definition) is 5. The third kappa shape index (κ3) is 5.00. The van der Waals surface area contributed by atoms with E-state index in [-0.39, 0.29) is 30.0 Å². The van der Waals surface area contributed by atoms with Crippen molar-refractivity contribution in [2.24, 2.45) is 0 Å². The van der Waals surface area contributed by atoms with Crippen LogP contribution in [-0.4, -0.2) is 30.2 Å². The maximum Gasteiger partial charge on any atom is 0.273 e. The van der Waals surface area contributed by atoms with Crippen LogP contribution in [0.25, 0.3) is 10.6 Å². The predicted molar refractivity (Wildman–Crippen MR) is 87.5 cm³/mol. The molecule has 0 aromatic carbocycles. The first kappa shape index (κ1) is 18.0. The standard InChI is InChI=1S/C13H16ClN3O2S.ClH/c1-3-15-8(2)7-16-13(18)9-6-10(19-17-9)11-4-5-12(14)20-11;/h4-6,8,15H,3,7H2,1-2H3,(H,16,18);1H/t8-;/m1./s1. The monoisotopic (exact) mass is 349 g/mol. The van der Waals surface area contributed by atoms with E-state index in [0.29, 0.717) is 16.6 Å².